The maximum atomic E-state index is 13.4. The second-order valence-electron chi connectivity index (χ2n) is 5.11. The van der Waals surface area contributed by atoms with E-state index in [0.29, 0.717) is 0 Å². The van der Waals surface area contributed by atoms with Crippen LogP contribution in [0.5, 0.6) is 0 Å². The van der Waals surface area contributed by atoms with Crippen molar-refractivity contribution in [3.05, 3.63) is 35.9 Å². The van der Waals surface area contributed by atoms with Gasteiger partial charge in [-0.3, -0.25) is 0 Å². The highest BCUT2D eigenvalue weighted by atomic mass is 28.4. The van der Waals surface area contributed by atoms with Crippen molar-refractivity contribution in [1.82, 2.24) is 0 Å². The molecule has 0 aliphatic heterocycles. The highest BCUT2D eigenvalue weighted by molar-refractivity contribution is 6.69. The van der Waals surface area contributed by atoms with Gasteiger partial charge in [0.1, 0.15) is 0 Å². The van der Waals surface area contributed by atoms with Crippen molar-refractivity contribution in [1.29, 1.82) is 0 Å². The Hall–Kier alpha value is -0.853. The lowest BCUT2D eigenvalue weighted by Crippen LogP contribution is -2.55. The van der Waals surface area contributed by atoms with Crippen molar-refractivity contribution in [3.8, 4) is 0 Å². The third kappa shape index (κ3) is 3.12. The van der Waals surface area contributed by atoms with Crippen molar-refractivity contribution in [2.75, 3.05) is 6.54 Å². The summed E-state index contributed by atoms with van der Waals surface area (Å²) in [6, 6.07) is 7.58. The van der Waals surface area contributed by atoms with Crippen LogP contribution < -0.4 is 5.73 Å². The molecule has 1 atom stereocenters. The number of nitrogens with two attached hydrogens (primary N) is 1. The molecule has 1 aromatic carbocycles. The van der Waals surface area contributed by atoms with Crippen molar-refractivity contribution in [2.45, 2.75) is 31.4 Å². The van der Waals surface area contributed by atoms with Gasteiger partial charge in [0.2, 0.25) is 0 Å². The zero-order valence-corrected chi connectivity index (χ0v) is 11.7. The minimum Gasteiger partial charge on any atom is -0.399 e. The summed E-state index contributed by atoms with van der Waals surface area (Å²) in [5.41, 5.74) is 3.06. The third-order valence-electron chi connectivity index (χ3n) is 2.47. The second kappa shape index (κ2) is 5.03. The molecule has 6 heteroatoms. The van der Waals surface area contributed by atoms with Gasteiger partial charge in [-0.25, -0.2) is 0 Å². The van der Waals surface area contributed by atoms with E-state index in [1.54, 1.807) is 37.8 Å². The fourth-order valence-corrected chi connectivity index (χ4v) is 3.15. The molecule has 0 amide bonds. The zero-order valence-electron chi connectivity index (χ0n) is 10.7. The van der Waals surface area contributed by atoms with E-state index in [0.717, 1.165) is 0 Å². The molecule has 0 heterocycles. The van der Waals surface area contributed by atoms with E-state index in [-0.39, 0.29) is 5.56 Å². The second-order valence-corrected chi connectivity index (χ2v) is 9.54. The lowest BCUT2D eigenvalue weighted by molar-refractivity contribution is -0.254. The molecule has 102 valence electrons. The fraction of sp³-hybridized carbons (Fsp3) is 0.500. The van der Waals surface area contributed by atoms with E-state index < -0.39 is 26.6 Å². The largest absolute Gasteiger partial charge is 0.421 e. The molecule has 0 radical (unpaired) electrons. The smallest absolute Gasteiger partial charge is 0.399 e. The Bertz CT molecular complexity index is 389. The van der Waals surface area contributed by atoms with Crippen molar-refractivity contribution in [2.24, 2.45) is 5.73 Å². The Morgan fingerprint density at radius 3 is 1.94 bits per heavy atom. The summed E-state index contributed by atoms with van der Waals surface area (Å²) in [6.07, 6.45) is -4.54. The van der Waals surface area contributed by atoms with Crippen LogP contribution in [0.15, 0.2) is 30.3 Å². The van der Waals surface area contributed by atoms with Gasteiger partial charge in [0.15, 0.2) is 13.9 Å². The van der Waals surface area contributed by atoms with E-state index in [9.17, 15) is 13.2 Å². The van der Waals surface area contributed by atoms with Crippen LogP contribution in [0.3, 0.4) is 0 Å². The Kier molecular flexibility index (Phi) is 4.25. The average Bonchev–Trinajstić information content (AvgIpc) is 2.24. The molecule has 18 heavy (non-hydrogen) atoms. The lowest BCUT2D eigenvalue weighted by atomic mass is 9.93. The van der Waals surface area contributed by atoms with Crippen LogP contribution in [0, 0.1) is 0 Å². The van der Waals surface area contributed by atoms with E-state index in [1.165, 1.54) is 12.1 Å². The van der Waals surface area contributed by atoms with Crippen LogP contribution in [-0.4, -0.2) is 21.0 Å². The summed E-state index contributed by atoms with van der Waals surface area (Å²) < 4.78 is 45.6. The molecule has 0 saturated carbocycles. The molecular weight excluding hydrogens is 259 g/mol. The van der Waals surface area contributed by atoms with E-state index in [1.807, 2.05) is 0 Å². The molecule has 0 bridgehead atoms. The Morgan fingerprint density at radius 2 is 1.61 bits per heavy atom. The monoisotopic (exact) mass is 277 g/mol. The average molecular weight is 277 g/mol. The van der Waals surface area contributed by atoms with Gasteiger partial charge in [-0.15, -0.1) is 0 Å². The number of benzene rings is 1. The van der Waals surface area contributed by atoms with Crippen LogP contribution in [0.1, 0.15) is 5.56 Å². The highest BCUT2D eigenvalue weighted by Gasteiger charge is 2.57. The number of halogens is 3. The van der Waals surface area contributed by atoms with Crippen LogP contribution in [0.2, 0.25) is 19.6 Å². The Morgan fingerprint density at radius 1 is 1.11 bits per heavy atom. The van der Waals surface area contributed by atoms with Gasteiger partial charge in [-0.05, 0) is 25.2 Å². The highest BCUT2D eigenvalue weighted by Crippen LogP contribution is 2.43. The minimum atomic E-state index is -4.54. The van der Waals surface area contributed by atoms with Crippen LogP contribution in [0.4, 0.5) is 13.2 Å². The van der Waals surface area contributed by atoms with Crippen LogP contribution in [0.25, 0.3) is 0 Å². The molecule has 0 unspecified atom stereocenters. The number of rotatable bonds is 4. The molecule has 0 aromatic heterocycles. The summed E-state index contributed by atoms with van der Waals surface area (Å²) in [5, 5.41) is 0. The first-order valence-corrected chi connectivity index (χ1v) is 9.06. The number of hydrogen-bond acceptors (Lipinski definition) is 2. The van der Waals surface area contributed by atoms with Gasteiger partial charge >= 0.3 is 6.18 Å². The molecule has 0 aliphatic rings. The summed E-state index contributed by atoms with van der Waals surface area (Å²) in [4.78, 5) is 0. The maximum absolute atomic E-state index is 13.4. The first-order chi connectivity index (χ1) is 8.12. The fourth-order valence-electron chi connectivity index (χ4n) is 1.79. The maximum Gasteiger partial charge on any atom is 0.421 e. The van der Waals surface area contributed by atoms with Crippen molar-refractivity contribution >= 4 is 8.32 Å². The first kappa shape index (κ1) is 15.2. The predicted octanol–water partition coefficient (Wildman–Crippen LogP) is 3.25. The SMILES string of the molecule is C[Si](C)(C)O[C@@](CN)(c1ccccc1)C(F)(F)F. The minimum absolute atomic E-state index is 0.0578. The normalized spacial score (nSPS) is 16.4. The number of hydrogen-bond donors (Lipinski definition) is 1. The predicted molar refractivity (Wildman–Crippen MR) is 67.7 cm³/mol. The van der Waals surface area contributed by atoms with E-state index in [2.05, 4.69) is 0 Å². The Balaban J connectivity index is 3.33. The molecule has 0 fully saturated rings. The molecule has 0 spiro atoms. The van der Waals surface area contributed by atoms with E-state index in [4.69, 9.17) is 10.2 Å². The molecule has 0 saturated heterocycles. The van der Waals surface area contributed by atoms with Gasteiger partial charge in [0, 0.05) is 6.54 Å². The standard InChI is InChI=1S/C12H18F3NOSi/c1-18(2,3)17-11(9-16,12(13,14)15)10-7-5-4-6-8-10/h4-8H,9,16H2,1-3H3/t11-/m0/s1. The quantitative estimate of drug-likeness (QED) is 0.857. The van der Waals surface area contributed by atoms with Gasteiger partial charge in [-0.1, -0.05) is 30.3 Å². The van der Waals surface area contributed by atoms with Gasteiger partial charge in [0.05, 0.1) is 0 Å². The van der Waals surface area contributed by atoms with Crippen LogP contribution in [-0.2, 0) is 10.0 Å². The lowest BCUT2D eigenvalue weighted by Gasteiger charge is -2.40. The molecule has 1 aromatic rings. The zero-order chi connectivity index (χ0) is 14.0. The Labute approximate surface area is 106 Å². The summed E-state index contributed by atoms with van der Waals surface area (Å²) in [5.74, 6) is 0. The van der Waals surface area contributed by atoms with Crippen LogP contribution >= 0.6 is 0 Å². The molecular formula is C12H18F3NOSi. The van der Waals surface area contributed by atoms with Gasteiger partial charge in [0.25, 0.3) is 0 Å². The van der Waals surface area contributed by atoms with E-state index >= 15 is 0 Å². The van der Waals surface area contributed by atoms with Gasteiger partial charge < -0.3 is 10.2 Å². The summed E-state index contributed by atoms with van der Waals surface area (Å²) >= 11 is 0. The van der Waals surface area contributed by atoms with Crippen molar-refractivity contribution < 1.29 is 17.6 Å². The van der Waals surface area contributed by atoms with Crippen molar-refractivity contribution in [3.63, 3.8) is 0 Å². The molecule has 1 rings (SSSR count). The topological polar surface area (TPSA) is 35.2 Å². The first-order valence-electron chi connectivity index (χ1n) is 5.65. The summed E-state index contributed by atoms with van der Waals surface area (Å²) in [6.45, 7) is 4.52. The number of alkyl halides is 3. The molecule has 2 nitrogen and oxygen atoms in total. The molecule has 0 aliphatic carbocycles. The third-order valence-corrected chi connectivity index (χ3v) is 3.43. The van der Waals surface area contributed by atoms with Gasteiger partial charge in [-0.2, -0.15) is 13.2 Å². The molecule has 2 N–H and O–H groups in total. The summed E-state index contributed by atoms with van der Waals surface area (Å²) in [7, 11) is -2.41.